The van der Waals surface area contributed by atoms with Gasteiger partial charge in [-0.3, -0.25) is 14.9 Å². The fourth-order valence-electron chi connectivity index (χ4n) is 3.04. The lowest BCUT2D eigenvalue weighted by molar-refractivity contribution is 0.0952. The van der Waals surface area contributed by atoms with Gasteiger partial charge in [-0.1, -0.05) is 67.9 Å². The summed E-state index contributed by atoms with van der Waals surface area (Å²) in [4.78, 5) is 25.0. The molecule has 0 aliphatic heterocycles. The van der Waals surface area contributed by atoms with Crippen LogP contribution in [0.3, 0.4) is 0 Å². The standard InChI is InChI=1S/C25H25N3O2S/c1-2-3-17-26-24(30)21-11-7-8-12-22(21)27-25(31)28-23(29)20-15-13-19(14-16-20)18-9-5-4-6-10-18/h4-16H,2-3,17H2,1H3,(H,26,30)(H2,27,28,29,31). The summed E-state index contributed by atoms with van der Waals surface area (Å²) < 4.78 is 0. The number of thiocarbonyl (C=S) groups is 1. The maximum atomic E-state index is 12.6. The Morgan fingerprint density at radius 2 is 1.45 bits per heavy atom. The monoisotopic (exact) mass is 431 g/mol. The average molecular weight is 432 g/mol. The number of anilines is 1. The zero-order valence-electron chi connectivity index (χ0n) is 17.4. The van der Waals surface area contributed by atoms with Crippen LogP contribution in [0.5, 0.6) is 0 Å². The fourth-order valence-corrected chi connectivity index (χ4v) is 3.24. The first kappa shape index (κ1) is 22.2. The molecule has 2 amide bonds. The molecule has 0 heterocycles. The third kappa shape index (κ3) is 6.23. The van der Waals surface area contributed by atoms with Crippen LogP contribution in [0.2, 0.25) is 0 Å². The summed E-state index contributed by atoms with van der Waals surface area (Å²) in [6, 6.07) is 24.3. The van der Waals surface area contributed by atoms with Gasteiger partial charge in [0.25, 0.3) is 11.8 Å². The Balaban J connectivity index is 1.62. The van der Waals surface area contributed by atoms with Gasteiger partial charge in [0.05, 0.1) is 11.3 Å². The first-order chi connectivity index (χ1) is 15.1. The van der Waals surface area contributed by atoms with Crippen LogP contribution in [0.4, 0.5) is 5.69 Å². The van der Waals surface area contributed by atoms with Crippen molar-refractivity contribution >= 4 is 34.8 Å². The van der Waals surface area contributed by atoms with Crippen molar-refractivity contribution in [3.05, 3.63) is 90.0 Å². The molecule has 31 heavy (non-hydrogen) atoms. The van der Waals surface area contributed by atoms with E-state index in [1.807, 2.05) is 42.5 Å². The minimum atomic E-state index is -0.318. The van der Waals surface area contributed by atoms with E-state index in [9.17, 15) is 9.59 Å². The van der Waals surface area contributed by atoms with Crippen molar-refractivity contribution in [1.82, 2.24) is 10.6 Å². The summed E-state index contributed by atoms with van der Waals surface area (Å²) in [6.07, 6.45) is 1.92. The molecule has 158 valence electrons. The van der Waals surface area contributed by atoms with Crippen molar-refractivity contribution in [2.75, 3.05) is 11.9 Å². The number of hydrogen-bond donors (Lipinski definition) is 3. The van der Waals surface area contributed by atoms with Gasteiger partial charge in [-0.25, -0.2) is 0 Å². The predicted molar refractivity (Wildman–Crippen MR) is 129 cm³/mol. The summed E-state index contributed by atoms with van der Waals surface area (Å²) in [5.74, 6) is -0.496. The van der Waals surface area contributed by atoms with Gasteiger partial charge in [0.15, 0.2) is 5.11 Å². The van der Waals surface area contributed by atoms with Gasteiger partial charge in [0, 0.05) is 12.1 Å². The first-order valence-corrected chi connectivity index (χ1v) is 10.6. The molecular formula is C25H25N3O2S. The Kier molecular flexibility index (Phi) is 7.90. The molecule has 0 saturated heterocycles. The van der Waals surface area contributed by atoms with Crippen LogP contribution < -0.4 is 16.0 Å². The Morgan fingerprint density at radius 3 is 2.16 bits per heavy atom. The Hall–Kier alpha value is -3.51. The Morgan fingerprint density at radius 1 is 0.806 bits per heavy atom. The maximum absolute atomic E-state index is 12.6. The summed E-state index contributed by atoms with van der Waals surface area (Å²) in [5, 5.41) is 8.65. The van der Waals surface area contributed by atoms with Gasteiger partial charge in [0.2, 0.25) is 0 Å². The SMILES string of the molecule is CCCCNC(=O)c1ccccc1NC(=S)NC(=O)c1ccc(-c2ccccc2)cc1. The number of carbonyl (C=O) groups excluding carboxylic acids is 2. The Bertz CT molecular complexity index is 1050. The predicted octanol–water partition coefficient (Wildman–Crippen LogP) is 5.01. The van der Waals surface area contributed by atoms with E-state index in [1.165, 1.54) is 0 Å². The van der Waals surface area contributed by atoms with Crippen molar-refractivity contribution in [2.24, 2.45) is 0 Å². The molecule has 0 fully saturated rings. The molecule has 0 bridgehead atoms. The van der Waals surface area contributed by atoms with Crippen LogP contribution >= 0.6 is 12.2 Å². The number of unbranched alkanes of at least 4 members (excludes halogenated alkanes) is 1. The number of rotatable bonds is 7. The molecule has 3 rings (SSSR count). The van der Waals surface area contributed by atoms with E-state index in [1.54, 1.807) is 36.4 Å². The molecule has 0 saturated carbocycles. The second kappa shape index (κ2) is 11.0. The summed E-state index contributed by atoms with van der Waals surface area (Å²) in [5.41, 5.74) is 3.62. The van der Waals surface area contributed by atoms with Gasteiger partial charge < -0.3 is 10.6 Å². The maximum Gasteiger partial charge on any atom is 0.257 e. The van der Waals surface area contributed by atoms with Gasteiger partial charge in [-0.2, -0.15) is 0 Å². The van der Waals surface area contributed by atoms with Crippen LogP contribution in [0.25, 0.3) is 11.1 Å². The third-order valence-corrected chi connectivity index (χ3v) is 4.92. The average Bonchev–Trinajstić information content (AvgIpc) is 2.80. The minimum Gasteiger partial charge on any atom is -0.352 e. The molecule has 0 aliphatic carbocycles. The largest absolute Gasteiger partial charge is 0.352 e. The van der Waals surface area contributed by atoms with Crippen molar-refractivity contribution in [3.8, 4) is 11.1 Å². The fraction of sp³-hybridized carbons (Fsp3) is 0.160. The highest BCUT2D eigenvalue weighted by atomic mass is 32.1. The normalized spacial score (nSPS) is 10.2. The zero-order chi connectivity index (χ0) is 22.1. The molecule has 3 aromatic rings. The summed E-state index contributed by atoms with van der Waals surface area (Å²) >= 11 is 5.29. The van der Waals surface area contributed by atoms with Gasteiger partial charge >= 0.3 is 0 Å². The van der Waals surface area contributed by atoms with Crippen molar-refractivity contribution in [1.29, 1.82) is 0 Å². The molecule has 0 unspecified atom stereocenters. The summed E-state index contributed by atoms with van der Waals surface area (Å²) in [7, 11) is 0. The van der Waals surface area contributed by atoms with E-state index in [2.05, 4.69) is 22.9 Å². The molecule has 6 heteroatoms. The molecule has 0 aliphatic rings. The highest BCUT2D eigenvalue weighted by molar-refractivity contribution is 7.80. The van der Waals surface area contributed by atoms with Crippen LogP contribution in [-0.4, -0.2) is 23.5 Å². The Labute approximate surface area is 187 Å². The van der Waals surface area contributed by atoms with E-state index in [4.69, 9.17) is 12.2 Å². The lowest BCUT2D eigenvalue weighted by Gasteiger charge is -2.13. The molecule has 3 aromatic carbocycles. The van der Waals surface area contributed by atoms with Crippen LogP contribution in [-0.2, 0) is 0 Å². The second-order valence-corrected chi connectivity index (χ2v) is 7.41. The van der Waals surface area contributed by atoms with Crippen molar-refractivity contribution in [3.63, 3.8) is 0 Å². The highest BCUT2D eigenvalue weighted by Gasteiger charge is 2.13. The lowest BCUT2D eigenvalue weighted by Crippen LogP contribution is -2.35. The third-order valence-electron chi connectivity index (χ3n) is 4.72. The van der Waals surface area contributed by atoms with Gasteiger partial charge in [-0.15, -0.1) is 0 Å². The molecule has 0 spiro atoms. The smallest absolute Gasteiger partial charge is 0.257 e. The number of benzene rings is 3. The second-order valence-electron chi connectivity index (χ2n) is 7.01. The van der Waals surface area contributed by atoms with E-state index in [0.29, 0.717) is 23.4 Å². The van der Waals surface area contributed by atoms with Gasteiger partial charge in [0.1, 0.15) is 0 Å². The van der Waals surface area contributed by atoms with Crippen LogP contribution in [0, 0.1) is 0 Å². The van der Waals surface area contributed by atoms with Crippen molar-refractivity contribution < 1.29 is 9.59 Å². The van der Waals surface area contributed by atoms with E-state index < -0.39 is 0 Å². The summed E-state index contributed by atoms with van der Waals surface area (Å²) in [6.45, 7) is 2.68. The minimum absolute atomic E-state index is 0.131. The van der Waals surface area contributed by atoms with Crippen LogP contribution in [0.15, 0.2) is 78.9 Å². The van der Waals surface area contributed by atoms with Crippen molar-refractivity contribution in [2.45, 2.75) is 19.8 Å². The number of para-hydroxylation sites is 1. The topological polar surface area (TPSA) is 70.2 Å². The van der Waals surface area contributed by atoms with Gasteiger partial charge in [-0.05, 0) is 54.0 Å². The number of carbonyl (C=O) groups is 2. The number of amides is 2. The molecule has 0 atom stereocenters. The van der Waals surface area contributed by atoms with E-state index in [-0.39, 0.29) is 16.9 Å². The molecule has 5 nitrogen and oxygen atoms in total. The van der Waals surface area contributed by atoms with Crippen LogP contribution in [0.1, 0.15) is 40.5 Å². The molecule has 3 N–H and O–H groups in total. The molecule has 0 radical (unpaired) electrons. The highest BCUT2D eigenvalue weighted by Crippen LogP contribution is 2.19. The zero-order valence-corrected chi connectivity index (χ0v) is 18.2. The lowest BCUT2D eigenvalue weighted by atomic mass is 10.0. The first-order valence-electron chi connectivity index (χ1n) is 10.2. The number of hydrogen-bond acceptors (Lipinski definition) is 3. The van der Waals surface area contributed by atoms with E-state index in [0.717, 1.165) is 24.0 Å². The quantitative estimate of drug-likeness (QED) is 0.363. The molecular weight excluding hydrogens is 406 g/mol. The molecule has 0 aromatic heterocycles. The van der Waals surface area contributed by atoms with E-state index >= 15 is 0 Å². The number of nitrogens with one attached hydrogen (secondary N) is 3.